The van der Waals surface area contributed by atoms with Crippen LogP contribution in [0, 0.1) is 0 Å². The van der Waals surface area contributed by atoms with Crippen LogP contribution in [0.1, 0.15) is 13.8 Å². The molecule has 0 aliphatic carbocycles. The average Bonchev–Trinajstić information content (AvgIpc) is 2.35. The standard InChI is InChI=1S/C14H17ClN2O2S/c1-14(2,16)9-17-20(18,19)13-6-4-10-7-12(15)5-3-11(10)8-13/h3-8,17H,9,16H2,1-2H3. The maximum Gasteiger partial charge on any atom is 0.240 e. The highest BCUT2D eigenvalue weighted by Gasteiger charge is 2.18. The molecule has 20 heavy (non-hydrogen) atoms. The number of nitrogens with one attached hydrogen (secondary N) is 1. The SMILES string of the molecule is CC(C)(N)CNS(=O)(=O)c1ccc2cc(Cl)ccc2c1. The highest BCUT2D eigenvalue weighted by molar-refractivity contribution is 7.89. The van der Waals surface area contributed by atoms with Gasteiger partial charge in [0.2, 0.25) is 10.0 Å². The van der Waals surface area contributed by atoms with Gasteiger partial charge < -0.3 is 5.73 Å². The second-order valence-electron chi connectivity index (χ2n) is 5.47. The third-order valence-corrected chi connectivity index (χ3v) is 4.44. The smallest absolute Gasteiger partial charge is 0.240 e. The Hall–Kier alpha value is -1.14. The summed E-state index contributed by atoms with van der Waals surface area (Å²) in [5.74, 6) is 0. The van der Waals surface area contributed by atoms with Gasteiger partial charge in [-0.15, -0.1) is 0 Å². The summed E-state index contributed by atoms with van der Waals surface area (Å²) in [5.41, 5.74) is 5.19. The van der Waals surface area contributed by atoms with Crippen molar-refractivity contribution < 1.29 is 8.42 Å². The highest BCUT2D eigenvalue weighted by Crippen LogP contribution is 2.22. The topological polar surface area (TPSA) is 72.2 Å². The number of rotatable bonds is 4. The number of hydrogen-bond acceptors (Lipinski definition) is 3. The van der Waals surface area contributed by atoms with Gasteiger partial charge in [0.15, 0.2) is 0 Å². The van der Waals surface area contributed by atoms with E-state index >= 15 is 0 Å². The Kier molecular flexibility index (Phi) is 4.07. The Morgan fingerprint density at radius 3 is 2.40 bits per heavy atom. The minimum absolute atomic E-state index is 0.175. The maximum atomic E-state index is 12.2. The van der Waals surface area contributed by atoms with E-state index in [2.05, 4.69) is 4.72 Å². The molecule has 2 rings (SSSR count). The van der Waals surface area contributed by atoms with E-state index < -0.39 is 15.6 Å². The molecule has 0 spiro atoms. The van der Waals surface area contributed by atoms with Crippen LogP contribution in [0.15, 0.2) is 41.3 Å². The zero-order chi connectivity index (χ0) is 15.0. The molecule has 0 amide bonds. The van der Waals surface area contributed by atoms with Crippen molar-refractivity contribution in [1.82, 2.24) is 4.72 Å². The van der Waals surface area contributed by atoms with Crippen molar-refractivity contribution in [2.24, 2.45) is 5.73 Å². The number of benzene rings is 2. The van der Waals surface area contributed by atoms with Crippen LogP contribution in [0.4, 0.5) is 0 Å². The number of fused-ring (bicyclic) bond motifs is 1. The summed E-state index contributed by atoms with van der Waals surface area (Å²) < 4.78 is 26.9. The normalized spacial score (nSPS) is 12.8. The van der Waals surface area contributed by atoms with E-state index in [-0.39, 0.29) is 11.4 Å². The summed E-state index contributed by atoms with van der Waals surface area (Å²) in [7, 11) is -3.56. The summed E-state index contributed by atoms with van der Waals surface area (Å²) in [6.07, 6.45) is 0. The largest absolute Gasteiger partial charge is 0.324 e. The van der Waals surface area contributed by atoms with Gasteiger partial charge in [0.25, 0.3) is 0 Å². The molecular formula is C14H17ClN2O2S. The lowest BCUT2D eigenvalue weighted by Gasteiger charge is -2.19. The molecule has 0 fully saturated rings. The Morgan fingerprint density at radius 2 is 1.75 bits per heavy atom. The molecular weight excluding hydrogens is 296 g/mol. The summed E-state index contributed by atoms with van der Waals surface area (Å²) >= 11 is 5.90. The predicted molar refractivity (Wildman–Crippen MR) is 82.4 cm³/mol. The average molecular weight is 313 g/mol. The van der Waals surface area contributed by atoms with Gasteiger partial charge in [-0.05, 0) is 48.9 Å². The first-order valence-corrected chi connectivity index (χ1v) is 8.01. The Morgan fingerprint density at radius 1 is 1.15 bits per heavy atom. The summed E-state index contributed by atoms with van der Waals surface area (Å²) in [6.45, 7) is 3.70. The van der Waals surface area contributed by atoms with Gasteiger partial charge in [-0.25, -0.2) is 13.1 Å². The van der Waals surface area contributed by atoms with E-state index in [4.69, 9.17) is 17.3 Å². The number of hydrogen-bond donors (Lipinski definition) is 2. The molecule has 0 aliphatic rings. The van der Waals surface area contributed by atoms with Gasteiger partial charge in [0.1, 0.15) is 0 Å². The molecule has 2 aromatic carbocycles. The van der Waals surface area contributed by atoms with Crippen molar-refractivity contribution in [1.29, 1.82) is 0 Å². The summed E-state index contributed by atoms with van der Waals surface area (Å²) in [5, 5.41) is 2.34. The number of halogens is 1. The van der Waals surface area contributed by atoms with Crippen molar-refractivity contribution in [3.8, 4) is 0 Å². The second-order valence-corrected chi connectivity index (χ2v) is 7.67. The molecule has 0 bridgehead atoms. The van der Waals surface area contributed by atoms with Crippen LogP contribution >= 0.6 is 11.6 Å². The van der Waals surface area contributed by atoms with E-state index in [0.29, 0.717) is 5.02 Å². The van der Waals surface area contributed by atoms with E-state index in [1.165, 1.54) is 0 Å². The van der Waals surface area contributed by atoms with Crippen molar-refractivity contribution in [2.45, 2.75) is 24.3 Å². The molecule has 2 aromatic rings. The van der Waals surface area contributed by atoms with Gasteiger partial charge in [0.05, 0.1) is 4.90 Å². The van der Waals surface area contributed by atoms with E-state index in [0.717, 1.165) is 10.8 Å². The van der Waals surface area contributed by atoms with Crippen LogP contribution in [0.5, 0.6) is 0 Å². The van der Waals surface area contributed by atoms with Crippen LogP contribution in [0.25, 0.3) is 10.8 Å². The molecule has 6 heteroatoms. The summed E-state index contributed by atoms with van der Waals surface area (Å²) in [6, 6.07) is 10.2. The molecule has 108 valence electrons. The molecule has 0 aromatic heterocycles. The van der Waals surface area contributed by atoms with Crippen molar-refractivity contribution in [3.63, 3.8) is 0 Å². The molecule has 0 aliphatic heterocycles. The third kappa shape index (κ3) is 3.70. The molecule has 4 nitrogen and oxygen atoms in total. The minimum Gasteiger partial charge on any atom is -0.324 e. The molecule has 0 saturated heterocycles. The van der Waals surface area contributed by atoms with Gasteiger partial charge in [-0.3, -0.25) is 0 Å². The monoisotopic (exact) mass is 312 g/mol. The van der Waals surface area contributed by atoms with E-state index in [9.17, 15) is 8.42 Å². The van der Waals surface area contributed by atoms with Gasteiger partial charge in [-0.2, -0.15) is 0 Å². The quantitative estimate of drug-likeness (QED) is 0.911. The second kappa shape index (κ2) is 5.33. The number of nitrogens with two attached hydrogens (primary N) is 1. The Balaban J connectivity index is 2.35. The fraction of sp³-hybridized carbons (Fsp3) is 0.286. The molecule has 0 radical (unpaired) electrons. The summed E-state index contributed by atoms with van der Waals surface area (Å²) in [4.78, 5) is 0.219. The lowest BCUT2D eigenvalue weighted by molar-refractivity contribution is 0.498. The molecule has 0 heterocycles. The van der Waals surface area contributed by atoms with E-state index in [1.54, 1.807) is 50.2 Å². The van der Waals surface area contributed by atoms with Gasteiger partial charge in [-0.1, -0.05) is 23.7 Å². The molecule has 3 N–H and O–H groups in total. The first kappa shape index (κ1) is 15.3. The molecule has 0 saturated carbocycles. The Bertz CT molecular complexity index is 736. The van der Waals surface area contributed by atoms with Crippen LogP contribution in [-0.2, 0) is 10.0 Å². The zero-order valence-electron chi connectivity index (χ0n) is 11.4. The number of sulfonamides is 1. The lowest BCUT2D eigenvalue weighted by atomic mass is 10.1. The zero-order valence-corrected chi connectivity index (χ0v) is 12.9. The Labute approximate surface area is 124 Å². The van der Waals surface area contributed by atoms with Crippen LogP contribution in [0.2, 0.25) is 5.02 Å². The van der Waals surface area contributed by atoms with Crippen molar-refractivity contribution in [2.75, 3.05) is 6.54 Å². The lowest BCUT2D eigenvalue weighted by Crippen LogP contribution is -2.45. The fourth-order valence-corrected chi connectivity index (χ4v) is 3.16. The molecule has 0 atom stereocenters. The first-order valence-electron chi connectivity index (χ1n) is 6.15. The van der Waals surface area contributed by atoms with Crippen LogP contribution < -0.4 is 10.5 Å². The predicted octanol–water partition coefficient (Wildman–Crippen LogP) is 2.51. The third-order valence-electron chi connectivity index (χ3n) is 2.80. The van der Waals surface area contributed by atoms with Crippen molar-refractivity contribution >= 4 is 32.4 Å². The van der Waals surface area contributed by atoms with Crippen LogP contribution in [-0.4, -0.2) is 20.5 Å². The highest BCUT2D eigenvalue weighted by atomic mass is 35.5. The minimum atomic E-state index is -3.56. The fourth-order valence-electron chi connectivity index (χ4n) is 1.73. The van der Waals surface area contributed by atoms with E-state index in [1.807, 2.05) is 0 Å². The molecule has 0 unspecified atom stereocenters. The van der Waals surface area contributed by atoms with Crippen LogP contribution in [0.3, 0.4) is 0 Å². The first-order chi connectivity index (χ1) is 9.17. The van der Waals surface area contributed by atoms with Crippen molar-refractivity contribution in [3.05, 3.63) is 41.4 Å². The van der Waals surface area contributed by atoms with Gasteiger partial charge >= 0.3 is 0 Å². The maximum absolute atomic E-state index is 12.2. The van der Waals surface area contributed by atoms with Gasteiger partial charge in [0, 0.05) is 17.1 Å².